The number of nitrogens with one attached hydrogen (secondary N) is 2. The number of hydrogen-bond acceptors (Lipinski definition) is 4. The second-order valence-electron chi connectivity index (χ2n) is 8.34. The Morgan fingerprint density at radius 1 is 1.06 bits per heavy atom. The standard InChI is InChI=1S/C26H25BrN2O3S/c1-2-32-20-12-10-19(11-13-20)29-33(30,31)21-14-15-25-24(16-21)22-4-3-5-23(22)26(28-25)17-6-8-18(27)9-7-17/h3-4,6-16,22-23,26,28-29H,2,5H2,1H3/t22-,23+,26+/m0/s1. The zero-order chi connectivity index (χ0) is 23.0. The first kappa shape index (κ1) is 22.0. The van der Waals surface area contributed by atoms with Crippen molar-refractivity contribution in [2.45, 2.75) is 30.2 Å². The minimum atomic E-state index is -3.72. The number of halogens is 1. The van der Waals surface area contributed by atoms with Crippen LogP contribution in [-0.2, 0) is 10.0 Å². The number of hydrogen-bond donors (Lipinski definition) is 2. The SMILES string of the molecule is CCOc1ccc(NS(=O)(=O)c2ccc3c(c2)[C@H]2C=CC[C@H]2[C@@H](c2ccc(Br)cc2)N3)cc1. The molecule has 0 spiro atoms. The van der Waals surface area contributed by atoms with Gasteiger partial charge in [0.15, 0.2) is 0 Å². The Kier molecular flexibility index (Phi) is 5.93. The van der Waals surface area contributed by atoms with Gasteiger partial charge in [0, 0.05) is 21.8 Å². The predicted octanol–water partition coefficient (Wildman–Crippen LogP) is 6.48. The fourth-order valence-corrected chi connectivity index (χ4v) is 6.10. The second kappa shape index (κ2) is 8.88. The highest BCUT2D eigenvalue weighted by Gasteiger charge is 2.38. The van der Waals surface area contributed by atoms with Gasteiger partial charge in [-0.15, -0.1) is 0 Å². The van der Waals surface area contributed by atoms with Gasteiger partial charge in [-0.3, -0.25) is 4.72 Å². The van der Waals surface area contributed by atoms with Gasteiger partial charge >= 0.3 is 0 Å². The van der Waals surface area contributed by atoms with Crippen molar-refractivity contribution in [3.05, 3.63) is 94.5 Å². The van der Waals surface area contributed by atoms with Crippen LogP contribution in [0.4, 0.5) is 11.4 Å². The Hall–Kier alpha value is -2.77. The number of allylic oxidation sites excluding steroid dienone is 2. The van der Waals surface area contributed by atoms with E-state index in [0.29, 0.717) is 24.0 Å². The van der Waals surface area contributed by atoms with Crippen molar-refractivity contribution in [3.63, 3.8) is 0 Å². The van der Waals surface area contributed by atoms with Crippen molar-refractivity contribution >= 4 is 37.3 Å². The molecule has 3 atom stereocenters. The first-order valence-electron chi connectivity index (χ1n) is 11.0. The van der Waals surface area contributed by atoms with Crippen LogP contribution in [0.3, 0.4) is 0 Å². The normalized spacial score (nSPS) is 21.1. The van der Waals surface area contributed by atoms with E-state index in [2.05, 4.69) is 62.4 Å². The van der Waals surface area contributed by atoms with E-state index in [9.17, 15) is 8.42 Å². The molecule has 33 heavy (non-hydrogen) atoms. The van der Waals surface area contributed by atoms with Crippen molar-refractivity contribution in [3.8, 4) is 5.75 Å². The average molecular weight is 525 g/mol. The number of anilines is 2. The molecule has 7 heteroatoms. The van der Waals surface area contributed by atoms with Gasteiger partial charge in [0.2, 0.25) is 0 Å². The largest absolute Gasteiger partial charge is 0.494 e. The summed E-state index contributed by atoms with van der Waals surface area (Å²) < 4.78 is 35.4. The van der Waals surface area contributed by atoms with Gasteiger partial charge in [0.25, 0.3) is 10.0 Å². The molecule has 0 unspecified atom stereocenters. The smallest absolute Gasteiger partial charge is 0.261 e. The molecule has 0 radical (unpaired) electrons. The summed E-state index contributed by atoms with van der Waals surface area (Å²) in [5.74, 6) is 1.23. The summed E-state index contributed by atoms with van der Waals surface area (Å²) in [4.78, 5) is 0.262. The molecule has 0 bridgehead atoms. The monoisotopic (exact) mass is 524 g/mol. The molecule has 1 aliphatic carbocycles. The van der Waals surface area contributed by atoms with E-state index in [1.807, 2.05) is 19.1 Å². The van der Waals surface area contributed by atoms with E-state index in [1.54, 1.807) is 30.3 Å². The van der Waals surface area contributed by atoms with Crippen LogP contribution in [0.2, 0.25) is 0 Å². The van der Waals surface area contributed by atoms with E-state index in [0.717, 1.165) is 22.1 Å². The predicted molar refractivity (Wildman–Crippen MR) is 135 cm³/mol. The molecule has 0 saturated carbocycles. The Labute approximate surface area is 203 Å². The fraction of sp³-hybridized carbons (Fsp3) is 0.231. The lowest BCUT2D eigenvalue weighted by Crippen LogP contribution is -2.29. The third kappa shape index (κ3) is 4.39. The molecule has 5 rings (SSSR count). The maximum Gasteiger partial charge on any atom is 0.261 e. The molecule has 3 aromatic rings. The van der Waals surface area contributed by atoms with Crippen molar-refractivity contribution in [2.75, 3.05) is 16.6 Å². The van der Waals surface area contributed by atoms with Crippen LogP contribution in [0.25, 0.3) is 0 Å². The second-order valence-corrected chi connectivity index (χ2v) is 10.9. The minimum Gasteiger partial charge on any atom is -0.494 e. The molecule has 0 aromatic heterocycles. The Bertz CT molecular complexity index is 1290. The molecule has 5 nitrogen and oxygen atoms in total. The van der Waals surface area contributed by atoms with E-state index in [-0.39, 0.29) is 16.9 Å². The van der Waals surface area contributed by atoms with Gasteiger partial charge in [0.1, 0.15) is 5.75 Å². The summed E-state index contributed by atoms with van der Waals surface area (Å²) in [5.41, 5.74) is 3.74. The topological polar surface area (TPSA) is 67.4 Å². The molecule has 2 aliphatic rings. The van der Waals surface area contributed by atoms with Crippen LogP contribution < -0.4 is 14.8 Å². The lowest BCUT2D eigenvalue weighted by molar-refractivity contribution is 0.340. The third-order valence-corrected chi connectivity index (χ3v) is 8.20. The van der Waals surface area contributed by atoms with Gasteiger partial charge in [0.05, 0.1) is 17.5 Å². The summed E-state index contributed by atoms with van der Waals surface area (Å²) in [6.45, 7) is 2.47. The van der Waals surface area contributed by atoms with Crippen molar-refractivity contribution in [1.82, 2.24) is 0 Å². The van der Waals surface area contributed by atoms with Crippen LogP contribution >= 0.6 is 15.9 Å². The van der Waals surface area contributed by atoms with Crippen molar-refractivity contribution in [1.29, 1.82) is 0 Å². The zero-order valence-corrected chi connectivity index (χ0v) is 20.6. The Balaban J connectivity index is 1.43. The molecular weight excluding hydrogens is 500 g/mol. The number of rotatable bonds is 6. The van der Waals surface area contributed by atoms with E-state index in [4.69, 9.17) is 4.74 Å². The highest BCUT2D eigenvalue weighted by atomic mass is 79.9. The molecular formula is C26H25BrN2O3S. The summed E-state index contributed by atoms with van der Waals surface area (Å²) >= 11 is 3.51. The molecule has 1 heterocycles. The highest BCUT2D eigenvalue weighted by Crippen LogP contribution is 2.50. The molecule has 0 amide bonds. The van der Waals surface area contributed by atoms with Gasteiger partial charge in [-0.05, 0) is 85.0 Å². The van der Waals surface area contributed by atoms with Crippen molar-refractivity contribution < 1.29 is 13.2 Å². The fourth-order valence-electron chi connectivity index (χ4n) is 4.74. The lowest BCUT2D eigenvalue weighted by atomic mass is 9.77. The lowest BCUT2D eigenvalue weighted by Gasteiger charge is -2.37. The van der Waals surface area contributed by atoms with E-state index in [1.165, 1.54) is 5.56 Å². The number of benzene rings is 3. The van der Waals surface area contributed by atoms with Gasteiger partial charge in [-0.1, -0.05) is 40.2 Å². The molecule has 170 valence electrons. The van der Waals surface area contributed by atoms with E-state index < -0.39 is 10.0 Å². The molecule has 2 N–H and O–H groups in total. The summed E-state index contributed by atoms with van der Waals surface area (Å²) in [6.07, 6.45) is 5.38. The van der Waals surface area contributed by atoms with Crippen LogP contribution in [-0.4, -0.2) is 15.0 Å². The number of ether oxygens (including phenoxy) is 1. The molecule has 0 fully saturated rings. The van der Waals surface area contributed by atoms with Crippen LogP contribution in [0, 0.1) is 5.92 Å². The summed E-state index contributed by atoms with van der Waals surface area (Å²) in [5, 5.41) is 3.67. The summed E-state index contributed by atoms with van der Waals surface area (Å²) in [6, 6.07) is 20.9. The minimum absolute atomic E-state index is 0.176. The molecule has 0 saturated heterocycles. The Morgan fingerprint density at radius 3 is 2.55 bits per heavy atom. The first-order valence-corrected chi connectivity index (χ1v) is 13.3. The maximum absolute atomic E-state index is 13.1. The van der Waals surface area contributed by atoms with Crippen LogP contribution in [0.5, 0.6) is 5.75 Å². The van der Waals surface area contributed by atoms with Gasteiger partial charge in [-0.2, -0.15) is 0 Å². The maximum atomic E-state index is 13.1. The quantitative estimate of drug-likeness (QED) is 0.362. The van der Waals surface area contributed by atoms with Gasteiger partial charge < -0.3 is 10.1 Å². The Morgan fingerprint density at radius 2 is 1.82 bits per heavy atom. The summed E-state index contributed by atoms with van der Waals surface area (Å²) in [7, 11) is -3.72. The third-order valence-electron chi connectivity index (χ3n) is 6.29. The number of sulfonamides is 1. The molecule has 3 aromatic carbocycles. The van der Waals surface area contributed by atoms with Crippen molar-refractivity contribution in [2.24, 2.45) is 5.92 Å². The molecule has 1 aliphatic heterocycles. The zero-order valence-electron chi connectivity index (χ0n) is 18.2. The number of fused-ring (bicyclic) bond motifs is 3. The van der Waals surface area contributed by atoms with Crippen LogP contribution in [0.1, 0.15) is 36.4 Å². The van der Waals surface area contributed by atoms with E-state index >= 15 is 0 Å². The highest BCUT2D eigenvalue weighted by molar-refractivity contribution is 9.10. The average Bonchev–Trinajstić information content (AvgIpc) is 3.30. The van der Waals surface area contributed by atoms with Crippen LogP contribution in [0.15, 0.2) is 88.3 Å². The first-order chi connectivity index (χ1) is 15.9. The van der Waals surface area contributed by atoms with Gasteiger partial charge in [-0.25, -0.2) is 8.42 Å².